The summed E-state index contributed by atoms with van der Waals surface area (Å²) in [5.41, 5.74) is 0. The Morgan fingerprint density at radius 2 is 1.56 bits per heavy atom. The molecule has 0 amide bonds. The maximum atomic E-state index is 12.9. The number of aliphatic hydroxyl groups excluding tert-OH is 1. The third kappa shape index (κ3) is 6.31. The minimum absolute atomic E-state index is 0.864. The fraction of sp³-hybridized carbons (Fsp3) is 1.00. The molecule has 4 unspecified atom stereocenters. The first-order chi connectivity index (χ1) is 7.85. The molecule has 18 heavy (non-hydrogen) atoms. The maximum absolute atomic E-state index is 12.9. The molecule has 0 aromatic carbocycles. The van der Waals surface area contributed by atoms with Gasteiger partial charge >= 0.3 is 10.8 Å². The Kier molecular flexibility index (Phi) is 6.52. The number of ether oxygens (including phenoxy) is 1. The highest BCUT2D eigenvalue weighted by atomic mass is 35.5. The smallest absolute Gasteiger partial charge is 0.368 e. The van der Waals surface area contributed by atoms with Crippen molar-refractivity contribution in [3.63, 3.8) is 0 Å². The van der Waals surface area contributed by atoms with Gasteiger partial charge in [-0.2, -0.15) is 17.6 Å². The fourth-order valence-corrected chi connectivity index (χ4v) is 1.30. The zero-order valence-electron chi connectivity index (χ0n) is 8.90. The highest BCUT2D eigenvalue weighted by Gasteiger charge is 2.43. The van der Waals surface area contributed by atoms with E-state index in [2.05, 4.69) is 27.9 Å². The molecule has 0 aromatic heterocycles. The Morgan fingerprint density at radius 3 is 1.89 bits per heavy atom. The van der Waals surface area contributed by atoms with E-state index in [-0.39, 0.29) is 0 Å². The van der Waals surface area contributed by atoms with Crippen LogP contribution in [0.5, 0.6) is 0 Å². The lowest BCUT2D eigenvalue weighted by molar-refractivity contribution is -0.237. The molecule has 0 aliphatic carbocycles. The fourth-order valence-electron chi connectivity index (χ4n) is 1.03. The van der Waals surface area contributed by atoms with Crippen LogP contribution in [0.1, 0.15) is 13.3 Å². The molecule has 0 saturated carbocycles. The molecule has 0 aliphatic rings. The predicted molar refractivity (Wildman–Crippen MR) is 52.3 cm³/mol. The van der Waals surface area contributed by atoms with Crippen molar-refractivity contribution in [2.24, 2.45) is 5.92 Å². The van der Waals surface area contributed by atoms with E-state index in [0.717, 1.165) is 6.92 Å². The zero-order valence-corrected chi connectivity index (χ0v) is 10.4. The number of alkyl halides is 8. The molecule has 4 atom stereocenters. The van der Waals surface area contributed by atoms with Gasteiger partial charge in [0, 0.05) is 6.42 Å². The van der Waals surface area contributed by atoms with E-state index in [9.17, 15) is 26.3 Å². The molecular weight excluding hydrogens is 313 g/mol. The van der Waals surface area contributed by atoms with Crippen molar-refractivity contribution in [3.8, 4) is 0 Å². The van der Waals surface area contributed by atoms with Gasteiger partial charge in [-0.25, -0.2) is 8.78 Å². The summed E-state index contributed by atoms with van der Waals surface area (Å²) in [5, 5.41) is 0.376. The van der Waals surface area contributed by atoms with Crippen LogP contribution in [0.15, 0.2) is 0 Å². The lowest BCUT2D eigenvalue weighted by atomic mass is 10.0. The van der Waals surface area contributed by atoms with Gasteiger partial charge in [0.25, 0.3) is 6.36 Å². The Bertz CT molecular complexity index is 257. The Balaban J connectivity index is 4.29. The summed E-state index contributed by atoms with van der Waals surface area (Å²) < 4.78 is 78.0. The van der Waals surface area contributed by atoms with Crippen molar-refractivity contribution < 1.29 is 36.2 Å². The topological polar surface area (TPSA) is 29.5 Å². The second-order valence-electron chi connectivity index (χ2n) is 3.60. The number of aliphatic hydroxyl groups is 1. The van der Waals surface area contributed by atoms with Crippen LogP contribution in [0.3, 0.4) is 0 Å². The van der Waals surface area contributed by atoms with Gasteiger partial charge < -0.3 is 9.84 Å². The van der Waals surface area contributed by atoms with Crippen molar-refractivity contribution in [3.05, 3.63) is 0 Å². The van der Waals surface area contributed by atoms with Crippen molar-refractivity contribution in [1.82, 2.24) is 0 Å². The van der Waals surface area contributed by atoms with Crippen molar-refractivity contribution in [1.29, 1.82) is 0 Å². The number of hydrogen-bond acceptors (Lipinski definition) is 2. The van der Waals surface area contributed by atoms with E-state index in [1.807, 2.05) is 0 Å². The molecule has 110 valence electrons. The minimum atomic E-state index is -4.39. The van der Waals surface area contributed by atoms with Gasteiger partial charge in [-0.05, 0) is 29.1 Å². The number of rotatable bonds is 7. The van der Waals surface area contributed by atoms with Gasteiger partial charge in [-0.1, -0.05) is 6.92 Å². The second kappa shape index (κ2) is 6.49. The van der Waals surface area contributed by atoms with Crippen LogP contribution >= 0.6 is 23.2 Å². The molecule has 0 saturated heterocycles. The summed E-state index contributed by atoms with van der Waals surface area (Å²) >= 11 is 8.63. The summed E-state index contributed by atoms with van der Waals surface area (Å²) in [6, 6.07) is 0. The molecule has 0 aliphatic heterocycles. The largest absolute Gasteiger partial charge is 0.376 e. The Labute approximate surface area is 109 Å². The van der Waals surface area contributed by atoms with Crippen LogP contribution in [0, 0.1) is 5.92 Å². The highest BCUT2D eigenvalue weighted by Crippen LogP contribution is 2.34. The molecule has 0 radical (unpaired) electrons. The highest BCUT2D eigenvalue weighted by molar-refractivity contribution is 6.22. The number of hydrogen-bond donors (Lipinski definition) is 1. The SMILES string of the molecule is CC(CC(O)OC(F)C(F)(F)Cl)C(F)C(F)(F)Cl. The normalized spacial score (nSPS) is 20.3. The van der Waals surface area contributed by atoms with Crippen LogP contribution in [0.4, 0.5) is 26.3 Å². The zero-order chi connectivity index (χ0) is 14.7. The first kappa shape index (κ1) is 18.1. The Morgan fingerprint density at radius 1 is 1.11 bits per heavy atom. The molecule has 0 aromatic rings. The van der Waals surface area contributed by atoms with Crippen molar-refractivity contribution in [2.45, 2.75) is 42.9 Å². The van der Waals surface area contributed by atoms with E-state index < -0.39 is 41.9 Å². The maximum Gasteiger partial charge on any atom is 0.376 e. The van der Waals surface area contributed by atoms with E-state index >= 15 is 0 Å². The summed E-state index contributed by atoms with van der Waals surface area (Å²) in [7, 11) is 0. The molecule has 1 N–H and O–H groups in total. The summed E-state index contributed by atoms with van der Waals surface area (Å²) in [4.78, 5) is 0. The molecule has 0 spiro atoms. The van der Waals surface area contributed by atoms with Gasteiger partial charge in [0.05, 0.1) is 0 Å². The van der Waals surface area contributed by atoms with E-state index in [4.69, 9.17) is 5.11 Å². The molecular formula is C8H10Cl2F6O2. The standard InChI is InChI=1S/C8H10Cl2F6O2/c1-3(5(11)7(9,13)14)2-4(17)18-6(12)8(10,15)16/h3-6,17H,2H2,1H3. The first-order valence-corrected chi connectivity index (χ1v) is 5.36. The molecule has 0 fully saturated rings. The summed E-state index contributed by atoms with van der Waals surface area (Å²) in [6.45, 7) is 0.916. The minimum Gasteiger partial charge on any atom is -0.368 e. The van der Waals surface area contributed by atoms with E-state index in [1.165, 1.54) is 0 Å². The number of halogens is 8. The van der Waals surface area contributed by atoms with Crippen molar-refractivity contribution >= 4 is 23.2 Å². The van der Waals surface area contributed by atoms with Gasteiger partial charge in [0.15, 0.2) is 12.5 Å². The third-order valence-electron chi connectivity index (χ3n) is 1.92. The van der Waals surface area contributed by atoms with E-state index in [0.29, 0.717) is 0 Å². The quantitative estimate of drug-likeness (QED) is 0.440. The monoisotopic (exact) mass is 322 g/mol. The van der Waals surface area contributed by atoms with Crippen molar-refractivity contribution in [2.75, 3.05) is 0 Å². The molecule has 0 bridgehead atoms. The Hall–Kier alpha value is 0.0800. The first-order valence-electron chi connectivity index (χ1n) is 4.60. The predicted octanol–water partition coefficient (Wildman–Crippen LogP) is 3.64. The summed E-state index contributed by atoms with van der Waals surface area (Å²) in [5.74, 6) is -1.55. The van der Waals surface area contributed by atoms with Gasteiger partial charge in [0.1, 0.15) is 0 Å². The average Bonchev–Trinajstić information content (AvgIpc) is 2.12. The summed E-state index contributed by atoms with van der Waals surface area (Å²) in [6.07, 6.45) is -9.29. The van der Waals surface area contributed by atoms with Gasteiger partial charge in [0.2, 0.25) is 0 Å². The van der Waals surface area contributed by atoms with Gasteiger partial charge in [-0.3, -0.25) is 0 Å². The van der Waals surface area contributed by atoms with Crippen LogP contribution in [-0.2, 0) is 4.74 Å². The van der Waals surface area contributed by atoms with E-state index in [1.54, 1.807) is 0 Å². The van der Waals surface area contributed by atoms with Crippen LogP contribution in [0.25, 0.3) is 0 Å². The van der Waals surface area contributed by atoms with Crippen LogP contribution in [-0.4, -0.2) is 34.7 Å². The lowest BCUT2D eigenvalue weighted by Gasteiger charge is -2.24. The molecule has 2 nitrogen and oxygen atoms in total. The lowest BCUT2D eigenvalue weighted by Crippen LogP contribution is -2.35. The third-order valence-corrected chi connectivity index (χ3v) is 2.30. The molecule has 0 heterocycles. The molecule has 0 rings (SSSR count). The average molecular weight is 323 g/mol. The molecule has 10 heteroatoms. The van der Waals surface area contributed by atoms with Crippen LogP contribution < -0.4 is 0 Å². The van der Waals surface area contributed by atoms with Crippen LogP contribution in [0.2, 0.25) is 0 Å². The second-order valence-corrected chi connectivity index (χ2v) is 4.61. The van der Waals surface area contributed by atoms with Gasteiger partial charge in [-0.15, -0.1) is 0 Å².